The summed E-state index contributed by atoms with van der Waals surface area (Å²) in [6, 6.07) is 38.1. The summed E-state index contributed by atoms with van der Waals surface area (Å²) < 4.78 is 28.5. The molecule has 1 radical (unpaired) electrons. The average Bonchev–Trinajstić information content (AvgIpc) is 4.39. The quantitative estimate of drug-likeness (QED) is 0.0768. The van der Waals surface area contributed by atoms with Crippen molar-refractivity contribution in [2.45, 2.75) is 53.4 Å². The second-order valence-electron chi connectivity index (χ2n) is 17.6. The number of hydrogen-bond acceptors (Lipinski definition) is 12. The van der Waals surface area contributed by atoms with Gasteiger partial charge in [0.1, 0.15) is 74.7 Å². The average molecular weight is 1220 g/mol. The summed E-state index contributed by atoms with van der Waals surface area (Å²) in [5.74, 6) is 3.27. The van der Waals surface area contributed by atoms with Gasteiger partial charge in [0.05, 0.1) is 26.2 Å². The summed E-state index contributed by atoms with van der Waals surface area (Å²) in [6.45, 7) is 15.1. The van der Waals surface area contributed by atoms with Crippen LogP contribution < -0.4 is 43.8 Å². The number of ether oxygens (including phenoxy) is 4. The van der Waals surface area contributed by atoms with Crippen LogP contribution in [0.15, 0.2) is 196 Å². The van der Waals surface area contributed by atoms with Crippen LogP contribution in [-0.4, -0.2) is 161 Å². The van der Waals surface area contributed by atoms with Gasteiger partial charge < -0.3 is 63.4 Å². The molecule has 20 nitrogen and oxygen atoms in total. The number of carbonyl (C=O) groups is 4. The van der Waals surface area contributed by atoms with Gasteiger partial charge in [-0.25, -0.2) is 39.1 Å². The van der Waals surface area contributed by atoms with E-state index in [1.807, 2.05) is 149 Å². The Morgan fingerprint density at radius 3 is 0.687 bits per heavy atom. The van der Waals surface area contributed by atoms with Gasteiger partial charge in [-0.3, -0.25) is 18.3 Å². The van der Waals surface area contributed by atoms with Crippen molar-refractivity contribution in [2.24, 2.45) is 0 Å². The van der Waals surface area contributed by atoms with Crippen LogP contribution in [0.25, 0.3) is 0 Å². The number of para-hydroxylation sites is 4. The van der Waals surface area contributed by atoms with Gasteiger partial charge in [-0.05, 0) is 74.2 Å². The van der Waals surface area contributed by atoms with Gasteiger partial charge in [-0.2, -0.15) is 0 Å². The van der Waals surface area contributed by atoms with Gasteiger partial charge in [0.25, 0.3) is 0 Å². The maximum absolute atomic E-state index is 12.2. The second-order valence-corrected chi connectivity index (χ2v) is 17.6. The molecule has 0 N–H and O–H groups in total. The van der Waals surface area contributed by atoms with Crippen LogP contribution >= 0.6 is 0 Å². The van der Waals surface area contributed by atoms with Crippen LogP contribution in [0.2, 0.25) is 0 Å². The number of halogens is 2. The third-order valence-electron chi connectivity index (χ3n) is 11.4. The van der Waals surface area contributed by atoms with Gasteiger partial charge in [0.15, 0.2) is 0 Å². The molecule has 0 aliphatic heterocycles. The number of imidazole rings is 4. The third-order valence-corrected chi connectivity index (χ3v) is 11.4. The van der Waals surface area contributed by atoms with Gasteiger partial charge in [-0.15, -0.1) is 0 Å². The third kappa shape index (κ3) is 26.6. The topological polar surface area (TPSA) is 189 Å². The first-order valence-corrected chi connectivity index (χ1v) is 27.0. The molecule has 0 unspecified atom stereocenters. The molecule has 0 atom stereocenters. The van der Waals surface area contributed by atoms with E-state index in [9.17, 15) is 19.2 Å². The van der Waals surface area contributed by atoms with Crippen LogP contribution in [0, 0.1) is 0 Å². The van der Waals surface area contributed by atoms with E-state index in [0.29, 0.717) is 78.8 Å². The molecule has 0 bridgehead atoms. The maximum Gasteiger partial charge on any atom is 2.00 e. The fraction of sp³-hybridized carbons (Fsp3) is 0.333. The SMILES string of the molecule is CCCN(CCOc1ccccc1)C(=O)n1ccnc1.CCCN(CCOc1ccccc1)C(=O)n1ccnc1.CCCN(CCOc1ccccc1)C(=O)n1ccnc1.CCCN(CCOc1ccccc1)C(=O)n1ccnc1.[Cl-].[Cl-].[Mn+2]. The van der Waals surface area contributed by atoms with Gasteiger partial charge in [0.2, 0.25) is 0 Å². The molecule has 8 aromatic rings. The predicted octanol–water partition coefficient (Wildman–Crippen LogP) is 4.57. The number of amides is 4. The molecule has 0 saturated carbocycles. The first-order chi connectivity index (χ1) is 39.2. The van der Waals surface area contributed by atoms with Crippen molar-refractivity contribution in [3.8, 4) is 23.0 Å². The van der Waals surface area contributed by atoms with E-state index >= 15 is 0 Å². The fourth-order valence-corrected chi connectivity index (χ4v) is 7.60. The number of hydrogen-bond donors (Lipinski definition) is 0. The molecule has 4 aromatic heterocycles. The molecule has 0 fully saturated rings. The minimum atomic E-state index is -0.0685. The molecule has 0 spiro atoms. The Morgan fingerprint density at radius 2 is 0.530 bits per heavy atom. The van der Waals surface area contributed by atoms with Crippen LogP contribution in [0.1, 0.15) is 53.4 Å². The molecule has 0 aliphatic carbocycles. The summed E-state index contributed by atoms with van der Waals surface area (Å²) in [5, 5.41) is 0. The minimum Gasteiger partial charge on any atom is -1.00 e. The molecular weight excluding hydrogens is 1140 g/mol. The Morgan fingerprint density at radius 1 is 0.337 bits per heavy atom. The number of benzene rings is 4. The molecule has 4 amide bonds. The molecule has 8 rings (SSSR count). The maximum atomic E-state index is 12.2. The summed E-state index contributed by atoms with van der Waals surface area (Å²) >= 11 is 0. The fourth-order valence-electron chi connectivity index (χ4n) is 7.60. The molecule has 83 heavy (non-hydrogen) atoms. The summed E-state index contributed by atoms with van der Waals surface area (Å²) in [5.41, 5.74) is 0. The second kappa shape index (κ2) is 42.7. The molecule has 0 aliphatic rings. The number of aromatic nitrogens is 8. The van der Waals surface area contributed by atoms with Gasteiger partial charge >= 0.3 is 41.2 Å². The van der Waals surface area contributed by atoms with E-state index in [2.05, 4.69) is 19.9 Å². The first-order valence-electron chi connectivity index (χ1n) is 27.0. The molecule has 23 heteroatoms. The van der Waals surface area contributed by atoms with E-state index < -0.39 is 0 Å². The summed E-state index contributed by atoms with van der Waals surface area (Å²) in [7, 11) is 0. The van der Waals surface area contributed by atoms with Crippen LogP contribution in [0.4, 0.5) is 19.2 Å². The standard InChI is InChI=1S/4C15H19N3O2.2ClH.Mn/c4*1-2-9-17(15(19)18-10-8-16-13-18)11-12-20-14-6-4-3-5-7-14;;;/h4*3-8,10,13H,2,9,11-12H2,1H3;2*1H;/q;;;;;;+2/p-2. The van der Waals surface area contributed by atoms with Crippen molar-refractivity contribution < 1.29 is 80.0 Å². The molecule has 4 heterocycles. The minimum absolute atomic E-state index is 0. The predicted molar refractivity (Wildman–Crippen MR) is 307 cm³/mol. The molecule has 0 saturated heterocycles. The Balaban J connectivity index is 0.000000373. The van der Waals surface area contributed by atoms with Crippen molar-refractivity contribution in [1.82, 2.24) is 57.8 Å². The zero-order chi connectivity index (χ0) is 56.8. The summed E-state index contributed by atoms with van der Waals surface area (Å²) in [4.78, 5) is 71.6. The normalized spacial score (nSPS) is 9.88. The number of rotatable bonds is 24. The van der Waals surface area contributed by atoms with Crippen LogP contribution in [0.3, 0.4) is 0 Å². The van der Waals surface area contributed by atoms with E-state index in [1.165, 1.54) is 43.6 Å². The zero-order valence-corrected chi connectivity index (χ0v) is 50.2. The number of carbonyl (C=O) groups excluding carboxylic acids is 4. The Labute approximate surface area is 510 Å². The molecule has 445 valence electrons. The Hall–Kier alpha value is -8.10. The largest absolute Gasteiger partial charge is 2.00 e. The van der Waals surface area contributed by atoms with Crippen molar-refractivity contribution in [3.63, 3.8) is 0 Å². The molecule has 4 aromatic carbocycles. The zero-order valence-electron chi connectivity index (χ0n) is 47.6. The Bertz CT molecular complexity index is 2460. The first kappa shape index (κ1) is 71.0. The number of nitrogens with zero attached hydrogens (tertiary/aromatic N) is 12. The van der Waals surface area contributed by atoms with Crippen LogP contribution in [0.5, 0.6) is 23.0 Å². The monoisotopic (exact) mass is 1220 g/mol. The van der Waals surface area contributed by atoms with Crippen molar-refractivity contribution in [2.75, 3.05) is 78.8 Å². The van der Waals surface area contributed by atoms with Crippen LogP contribution in [-0.2, 0) is 17.1 Å². The summed E-state index contributed by atoms with van der Waals surface area (Å²) in [6.07, 6.45) is 22.7. The van der Waals surface area contributed by atoms with Crippen molar-refractivity contribution in [3.05, 3.63) is 196 Å². The van der Waals surface area contributed by atoms with Gasteiger partial charge in [0, 0.05) is 75.8 Å². The molecular formula is C60H76Cl2MnN12O8. The Kier molecular flexibility index (Phi) is 36.5. The smallest absolute Gasteiger partial charge is 1.00 e. The van der Waals surface area contributed by atoms with Crippen molar-refractivity contribution >= 4 is 24.1 Å². The van der Waals surface area contributed by atoms with E-state index in [1.54, 1.807) is 69.2 Å². The van der Waals surface area contributed by atoms with E-state index in [-0.39, 0.29) is 66.0 Å². The van der Waals surface area contributed by atoms with Gasteiger partial charge in [-0.1, -0.05) is 100 Å². The van der Waals surface area contributed by atoms with E-state index in [4.69, 9.17) is 18.9 Å². The van der Waals surface area contributed by atoms with E-state index in [0.717, 1.165) is 48.7 Å². The van der Waals surface area contributed by atoms with Crippen molar-refractivity contribution in [1.29, 1.82) is 0 Å².